The van der Waals surface area contributed by atoms with Crippen LogP contribution in [0, 0.1) is 0 Å². The van der Waals surface area contributed by atoms with E-state index in [1.165, 1.54) is 0 Å². The Bertz CT molecular complexity index is 1930. The molecule has 0 amide bonds. The maximum absolute atomic E-state index is 5.17. The summed E-state index contributed by atoms with van der Waals surface area (Å²) in [6.07, 6.45) is 3.69. The number of benzene rings is 3. The molecule has 0 aliphatic carbocycles. The Morgan fingerprint density at radius 2 is 1.55 bits per heavy atom. The summed E-state index contributed by atoms with van der Waals surface area (Å²) in [6, 6.07) is 37.0. The Morgan fingerprint density at radius 3 is 2.26 bits per heavy atom. The number of nitrogens with zero attached hydrogens (tertiary/aromatic N) is 5. The van der Waals surface area contributed by atoms with Gasteiger partial charge in [-0.3, -0.25) is 20.0 Å². The molecular weight excluding hydrogens is 514 g/mol. The van der Waals surface area contributed by atoms with Crippen molar-refractivity contribution >= 4 is 39.9 Å². The molecule has 0 aliphatic heterocycles. The van der Waals surface area contributed by atoms with Crippen molar-refractivity contribution in [2.45, 2.75) is 26.3 Å². The average Bonchev–Trinajstić information content (AvgIpc) is 3.05. The lowest BCUT2D eigenvalue weighted by molar-refractivity contribution is 0.830. The molecule has 0 saturated heterocycles. The lowest BCUT2D eigenvalue weighted by atomic mass is 9.98. The molecule has 3 aromatic carbocycles. The first-order valence-corrected chi connectivity index (χ1v) is 14.1. The maximum Gasteiger partial charge on any atom is 0.0975 e. The van der Waals surface area contributed by atoms with Crippen LogP contribution < -0.4 is 0 Å². The van der Waals surface area contributed by atoms with Crippen molar-refractivity contribution in [2.24, 2.45) is 9.98 Å². The van der Waals surface area contributed by atoms with E-state index in [0.717, 1.165) is 61.3 Å². The Kier molecular flexibility index (Phi) is 7.73. The summed E-state index contributed by atoms with van der Waals surface area (Å²) >= 11 is 0. The van der Waals surface area contributed by atoms with Crippen molar-refractivity contribution in [1.29, 1.82) is 0 Å². The molecule has 6 aromatic rings. The summed E-state index contributed by atoms with van der Waals surface area (Å²) in [7, 11) is 0. The van der Waals surface area contributed by atoms with Gasteiger partial charge in [-0.1, -0.05) is 98.8 Å². The molecule has 0 N–H and O–H groups in total. The fraction of sp³-hybridized carbons (Fsp3) is 0.108. The lowest BCUT2D eigenvalue weighted by Crippen LogP contribution is -2.02. The zero-order valence-electron chi connectivity index (χ0n) is 23.8. The summed E-state index contributed by atoms with van der Waals surface area (Å²) in [5, 5.41) is 2.15. The second kappa shape index (κ2) is 12.1. The molecule has 6 rings (SSSR count). The van der Waals surface area contributed by atoms with Gasteiger partial charge in [0.2, 0.25) is 0 Å². The molecule has 3 aromatic heterocycles. The molecule has 0 spiro atoms. The number of aliphatic imine (C=N–C) groups is 2. The minimum atomic E-state index is 0.318. The van der Waals surface area contributed by atoms with Gasteiger partial charge in [-0.15, -0.1) is 0 Å². The Morgan fingerprint density at radius 1 is 0.810 bits per heavy atom. The second-order valence-electron chi connectivity index (χ2n) is 10.4. The largest absolute Gasteiger partial charge is 0.278 e. The summed E-state index contributed by atoms with van der Waals surface area (Å²) in [5.41, 5.74) is 9.12. The molecular formula is C37H31N5. The summed E-state index contributed by atoms with van der Waals surface area (Å²) in [4.78, 5) is 24.1. The van der Waals surface area contributed by atoms with Crippen LogP contribution >= 0.6 is 0 Å². The van der Waals surface area contributed by atoms with E-state index in [4.69, 9.17) is 15.0 Å². The standard InChI is InChI=1S/C37H31N5/c1-25(2)32-20-18-28-17-19-30-31(26-12-6-4-7-13-26)22-29(41-37(30)36(28)42-32)24-40-34(27-14-8-5-9-15-27)23-35(38-3)33-16-10-11-21-39-33/h4-23,25H,3,24H2,1-2H3/b35-23-,40-34+. The van der Waals surface area contributed by atoms with Crippen LogP contribution in [0.5, 0.6) is 0 Å². The number of fused-ring (bicyclic) bond motifs is 3. The van der Waals surface area contributed by atoms with Crippen LogP contribution in [0.3, 0.4) is 0 Å². The summed E-state index contributed by atoms with van der Waals surface area (Å²) < 4.78 is 0. The quantitative estimate of drug-likeness (QED) is 0.142. The van der Waals surface area contributed by atoms with Gasteiger partial charge in [0.1, 0.15) is 0 Å². The first-order chi connectivity index (χ1) is 20.6. The molecule has 0 radical (unpaired) electrons. The second-order valence-corrected chi connectivity index (χ2v) is 10.4. The van der Waals surface area contributed by atoms with E-state index in [1.54, 1.807) is 6.20 Å². The van der Waals surface area contributed by atoms with Crippen molar-refractivity contribution in [3.63, 3.8) is 0 Å². The van der Waals surface area contributed by atoms with Crippen LogP contribution in [-0.4, -0.2) is 27.4 Å². The van der Waals surface area contributed by atoms with Gasteiger partial charge in [-0.05, 0) is 59.7 Å². The number of pyridine rings is 3. The average molecular weight is 546 g/mol. The van der Waals surface area contributed by atoms with Crippen molar-refractivity contribution < 1.29 is 0 Å². The van der Waals surface area contributed by atoms with E-state index in [2.05, 4.69) is 85.1 Å². The third-order valence-electron chi connectivity index (χ3n) is 7.24. The number of hydrogen-bond donors (Lipinski definition) is 0. The maximum atomic E-state index is 5.17. The van der Waals surface area contributed by atoms with Crippen molar-refractivity contribution in [1.82, 2.24) is 15.0 Å². The van der Waals surface area contributed by atoms with Gasteiger partial charge in [0, 0.05) is 22.7 Å². The molecule has 0 unspecified atom stereocenters. The van der Waals surface area contributed by atoms with Gasteiger partial charge >= 0.3 is 0 Å². The fourth-order valence-corrected chi connectivity index (χ4v) is 5.04. The minimum absolute atomic E-state index is 0.318. The molecule has 0 saturated carbocycles. The molecule has 5 nitrogen and oxygen atoms in total. The fourth-order valence-electron chi connectivity index (χ4n) is 5.04. The molecule has 204 valence electrons. The molecule has 0 atom stereocenters. The Labute approximate surface area is 246 Å². The van der Waals surface area contributed by atoms with Gasteiger partial charge in [-0.2, -0.15) is 0 Å². The zero-order chi connectivity index (χ0) is 28.9. The third-order valence-corrected chi connectivity index (χ3v) is 7.24. The van der Waals surface area contributed by atoms with Gasteiger partial charge in [0.05, 0.1) is 40.4 Å². The zero-order valence-corrected chi connectivity index (χ0v) is 23.8. The summed E-state index contributed by atoms with van der Waals surface area (Å²) in [6.45, 7) is 8.51. The summed E-state index contributed by atoms with van der Waals surface area (Å²) in [5.74, 6) is 0.318. The first-order valence-electron chi connectivity index (χ1n) is 14.1. The van der Waals surface area contributed by atoms with E-state index in [9.17, 15) is 0 Å². The number of aromatic nitrogens is 3. The molecule has 42 heavy (non-hydrogen) atoms. The first kappa shape index (κ1) is 26.9. The lowest BCUT2D eigenvalue weighted by Gasteiger charge is -2.13. The topological polar surface area (TPSA) is 63.4 Å². The Hall–Kier alpha value is -5.29. The van der Waals surface area contributed by atoms with Gasteiger partial charge < -0.3 is 0 Å². The van der Waals surface area contributed by atoms with Crippen LogP contribution in [0.2, 0.25) is 0 Å². The highest BCUT2D eigenvalue weighted by Crippen LogP contribution is 2.33. The van der Waals surface area contributed by atoms with Gasteiger partial charge in [0.15, 0.2) is 0 Å². The highest BCUT2D eigenvalue weighted by atomic mass is 14.8. The molecule has 0 fully saturated rings. The molecule has 0 aliphatic rings. The van der Waals surface area contributed by atoms with Crippen molar-refractivity contribution in [2.75, 3.05) is 0 Å². The van der Waals surface area contributed by atoms with Gasteiger partial charge in [0.25, 0.3) is 0 Å². The van der Waals surface area contributed by atoms with E-state index in [1.807, 2.05) is 60.7 Å². The van der Waals surface area contributed by atoms with Crippen molar-refractivity contribution in [3.8, 4) is 11.1 Å². The normalized spacial score (nSPS) is 12.3. The van der Waals surface area contributed by atoms with Crippen LogP contribution in [0.4, 0.5) is 0 Å². The smallest absolute Gasteiger partial charge is 0.0975 e. The minimum Gasteiger partial charge on any atom is -0.278 e. The van der Waals surface area contributed by atoms with Crippen LogP contribution in [0.25, 0.3) is 38.6 Å². The number of hydrogen-bond acceptors (Lipinski definition) is 5. The van der Waals surface area contributed by atoms with Crippen molar-refractivity contribution in [3.05, 3.63) is 144 Å². The predicted molar refractivity (Wildman–Crippen MR) is 175 cm³/mol. The predicted octanol–water partition coefficient (Wildman–Crippen LogP) is 8.70. The molecule has 5 heteroatoms. The van der Waals surface area contributed by atoms with Crippen LogP contribution in [0.1, 0.15) is 42.4 Å². The van der Waals surface area contributed by atoms with E-state index >= 15 is 0 Å². The molecule has 3 heterocycles. The van der Waals surface area contributed by atoms with Crippen LogP contribution in [-0.2, 0) is 6.54 Å². The Balaban J connectivity index is 1.53. The molecule has 0 bridgehead atoms. The highest BCUT2D eigenvalue weighted by Gasteiger charge is 2.14. The highest BCUT2D eigenvalue weighted by molar-refractivity contribution is 6.12. The van der Waals surface area contributed by atoms with E-state index < -0.39 is 0 Å². The third kappa shape index (κ3) is 5.63. The van der Waals surface area contributed by atoms with E-state index in [0.29, 0.717) is 18.2 Å². The van der Waals surface area contributed by atoms with Crippen LogP contribution in [0.15, 0.2) is 131 Å². The number of rotatable bonds is 8. The monoisotopic (exact) mass is 545 g/mol. The van der Waals surface area contributed by atoms with Gasteiger partial charge in [-0.25, -0.2) is 4.98 Å². The number of allylic oxidation sites excluding steroid dienone is 1. The SMILES string of the molecule is C=N/C(=C\C(=N/Cc1cc(-c2ccccc2)c2ccc3ccc(C(C)C)nc3c2n1)c1ccccc1)c1ccccn1. The van der Waals surface area contributed by atoms with E-state index in [-0.39, 0.29) is 0 Å².